The molecule has 1 aliphatic heterocycles. The van der Waals surface area contributed by atoms with Gasteiger partial charge in [0, 0.05) is 24.3 Å². The fourth-order valence-electron chi connectivity index (χ4n) is 3.64. The Labute approximate surface area is 177 Å². The fourth-order valence-corrected chi connectivity index (χ4v) is 3.64. The SMILES string of the molecule is Cc1ccc(NC(=O)[C@H](C)OC(=O)[C@@H]2CC(=O)N(c3cccc(C)c3C)C2)c(C)c1. The minimum atomic E-state index is -0.955. The number of carbonyl (C=O) groups excluding carboxylic acids is 3. The second-order valence-corrected chi connectivity index (χ2v) is 8.01. The van der Waals surface area contributed by atoms with E-state index in [1.54, 1.807) is 4.90 Å². The minimum Gasteiger partial charge on any atom is -0.452 e. The Morgan fingerprint density at radius 3 is 2.53 bits per heavy atom. The highest BCUT2D eigenvalue weighted by Crippen LogP contribution is 2.30. The van der Waals surface area contributed by atoms with Crippen LogP contribution < -0.4 is 10.2 Å². The Hall–Kier alpha value is -3.15. The maximum atomic E-state index is 12.6. The van der Waals surface area contributed by atoms with Crippen LogP contribution in [-0.4, -0.2) is 30.4 Å². The van der Waals surface area contributed by atoms with E-state index in [1.807, 2.05) is 64.1 Å². The number of hydrogen-bond acceptors (Lipinski definition) is 4. The van der Waals surface area contributed by atoms with Gasteiger partial charge in [0.2, 0.25) is 5.91 Å². The molecule has 1 N–H and O–H groups in total. The van der Waals surface area contributed by atoms with Crippen LogP contribution in [0.2, 0.25) is 0 Å². The second kappa shape index (κ2) is 8.69. The van der Waals surface area contributed by atoms with Gasteiger partial charge in [0.1, 0.15) is 0 Å². The van der Waals surface area contributed by atoms with Crippen LogP contribution in [0.4, 0.5) is 11.4 Å². The molecule has 6 heteroatoms. The van der Waals surface area contributed by atoms with Crippen molar-refractivity contribution < 1.29 is 19.1 Å². The first kappa shape index (κ1) is 21.6. The molecule has 1 saturated heterocycles. The predicted octanol–water partition coefficient (Wildman–Crippen LogP) is 3.84. The molecule has 3 rings (SSSR count). The van der Waals surface area contributed by atoms with Gasteiger partial charge in [-0.15, -0.1) is 0 Å². The maximum absolute atomic E-state index is 12.6. The summed E-state index contributed by atoms with van der Waals surface area (Å²) in [5.41, 5.74) is 5.64. The minimum absolute atomic E-state index is 0.0810. The summed E-state index contributed by atoms with van der Waals surface area (Å²) in [6.07, 6.45) is -0.875. The number of carbonyl (C=O) groups is 3. The van der Waals surface area contributed by atoms with Crippen molar-refractivity contribution in [3.63, 3.8) is 0 Å². The lowest BCUT2D eigenvalue weighted by atomic mass is 10.1. The van der Waals surface area contributed by atoms with Crippen LogP contribution in [0.3, 0.4) is 0 Å². The lowest BCUT2D eigenvalue weighted by Crippen LogP contribution is -2.33. The summed E-state index contributed by atoms with van der Waals surface area (Å²) >= 11 is 0. The topological polar surface area (TPSA) is 75.7 Å². The largest absolute Gasteiger partial charge is 0.452 e. The average Bonchev–Trinajstić information content (AvgIpc) is 3.07. The van der Waals surface area contributed by atoms with Crippen molar-refractivity contribution >= 4 is 29.2 Å². The zero-order valence-electron chi connectivity index (χ0n) is 18.1. The summed E-state index contributed by atoms with van der Waals surface area (Å²) in [6, 6.07) is 11.5. The number of ether oxygens (including phenoxy) is 1. The number of aryl methyl sites for hydroxylation is 3. The lowest BCUT2D eigenvalue weighted by molar-refractivity contribution is -0.157. The Morgan fingerprint density at radius 2 is 1.83 bits per heavy atom. The Balaban J connectivity index is 1.62. The molecule has 2 atom stereocenters. The molecule has 158 valence electrons. The third kappa shape index (κ3) is 4.53. The van der Waals surface area contributed by atoms with Crippen LogP contribution in [0.25, 0.3) is 0 Å². The molecule has 2 aromatic rings. The molecule has 2 amide bonds. The number of amides is 2. The van der Waals surface area contributed by atoms with Crippen molar-refractivity contribution in [2.75, 3.05) is 16.8 Å². The van der Waals surface area contributed by atoms with Crippen LogP contribution in [0.1, 0.15) is 35.6 Å². The van der Waals surface area contributed by atoms with Crippen molar-refractivity contribution in [2.45, 2.75) is 47.1 Å². The van der Waals surface area contributed by atoms with Crippen molar-refractivity contribution in [3.05, 3.63) is 58.7 Å². The van der Waals surface area contributed by atoms with Gasteiger partial charge in [-0.2, -0.15) is 0 Å². The summed E-state index contributed by atoms with van der Waals surface area (Å²) in [4.78, 5) is 39.2. The summed E-state index contributed by atoms with van der Waals surface area (Å²) in [5.74, 6) is -1.63. The predicted molar refractivity (Wildman–Crippen MR) is 116 cm³/mol. The van der Waals surface area contributed by atoms with E-state index in [0.29, 0.717) is 5.69 Å². The molecule has 0 unspecified atom stereocenters. The maximum Gasteiger partial charge on any atom is 0.312 e. The molecule has 30 heavy (non-hydrogen) atoms. The van der Waals surface area contributed by atoms with E-state index >= 15 is 0 Å². The summed E-state index contributed by atoms with van der Waals surface area (Å²) in [5, 5.41) is 2.80. The molecule has 0 aliphatic carbocycles. The normalized spacial score (nSPS) is 17.0. The van der Waals surface area contributed by atoms with Gasteiger partial charge in [-0.3, -0.25) is 14.4 Å². The van der Waals surface area contributed by atoms with Crippen molar-refractivity contribution in [1.29, 1.82) is 0 Å². The van der Waals surface area contributed by atoms with E-state index in [4.69, 9.17) is 4.74 Å². The first-order valence-electron chi connectivity index (χ1n) is 10.1. The highest BCUT2D eigenvalue weighted by Gasteiger charge is 2.37. The Kier molecular flexibility index (Phi) is 6.25. The number of nitrogens with one attached hydrogen (secondary N) is 1. The quantitative estimate of drug-likeness (QED) is 0.763. The van der Waals surface area contributed by atoms with Gasteiger partial charge in [0.15, 0.2) is 6.10 Å². The van der Waals surface area contributed by atoms with Crippen molar-refractivity contribution in [2.24, 2.45) is 5.92 Å². The number of esters is 1. The smallest absolute Gasteiger partial charge is 0.312 e. The number of rotatable bonds is 5. The second-order valence-electron chi connectivity index (χ2n) is 8.01. The first-order chi connectivity index (χ1) is 14.2. The molecule has 1 heterocycles. The van der Waals surface area contributed by atoms with Gasteiger partial charge >= 0.3 is 5.97 Å². The number of hydrogen-bond donors (Lipinski definition) is 1. The molecule has 0 bridgehead atoms. The average molecular weight is 408 g/mol. The van der Waals surface area contributed by atoms with E-state index in [1.165, 1.54) is 6.92 Å². The summed E-state index contributed by atoms with van der Waals surface area (Å²) in [6.45, 7) is 9.63. The van der Waals surface area contributed by atoms with Crippen LogP contribution in [0, 0.1) is 33.6 Å². The zero-order chi connectivity index (χ0) is 22.0. The molecule has 0 aromatic heterocycles. The van der Waals surface area contributed by atoms with Gasteiger partial charge < -0.3 is 15.0 Å². The van der Waals surface area contributed by atoms with Gasteiger partial charge in [-0.05, 0) is 63.4 Å². The molecule has 0 radical (unpaired) electrons. The Bertz CT molecular complexity index is 999. The molecule has 1 aliphatic rings. The summed E-state index contributed by atoms with van der Waals surface area (Å²) in [7, 11) is 0. The zero-order valence-corrected chi connectivity index (χ0v) is 18.1. The van der Waals surface area contributed by atoms with E-state index in [2.05, 4.69) is 5.32 Å². The number of anilines is 2. The molecule has 2 aromatic carbocycles. The van der Waals surface area contributed by atoms with Crippen LogP contribution in [0.5, 0.6) is 0 Å². The van der Waals surface area contributed by atoms with E-state index in [9.17, 15) is 14.4 Å². The van der Waals surface area contributed by atoms with E-state index in [-0.39, 0.29) is 18.9 Å². The third-order valence-electron chi connectivity index (χ3n) is 5.63. The van der Waals surface area contributed by atoms with Gasteiger partial charge in [0.05, 0.1) is 5.92 Å². The molecule has 1 fully saturated rings. The molecule has 6 nitrogen and oxygen atoms in total. The van der Waals surface area contributed by atoms with Gasteiger partial charge in [-0.25, -0.2) is 0 Å². The fraction of sp³-hybridized carbons (Fsp3) is 0.375. The van der Waals surface area contributed by atoms with Crippen LogP contribution >= 0.6 is 0 Å². The molecular weight excluding hydrogens is 380 g/mol. The highest BCUT2D eigenvalue weighted by atomic mass is 16.5. The number of nitrogens with zero attached hydrogens (tertiary/aromatic N) is 1. The molecule has 0 spiro atoms. The van der Waals surface area contributed by atoms with Crippen LogP contribution in [-0.2, 0) is 19.1 Å². The monoisotopic (exact) mass is 408 g/mol. The van der Waals surface area contributed by atoms with E-state index in [0.717, 1.165) is 27.9 Å². The highest BCUT2D eigenvalue weighted by molar-refractivity contribution is 6.01. The van der Waals surface area contributed by atoms with Crippen LogP contribution in [0.15, 0.2) is 36.4 Å². The Morgan fingerprint density at radius 1 is 1.10 bits per heavy atom. The molecular formula is C24H28N2O4. The van der Waals surface area contributed by atoms with Crippen molar-refractivity contribution in [1.82, 2.24) is 0 Å². The lowest BCUT2D eigenvalue weighted by Gasteiger charge is -2.20. The third-order valence-corrected chi connectivity index (χ3v) is 5.63. The summed E-state index contributed by atoms with van der Waals surface area (Å²) < 4.78 is 5.39. The first-order valence-corrected chi connectivity index (χ1v) is 10.1. The van der Waals surface area contributed by atoms with Gasteiger partial charge in [-0.1, -0.05) is 29.8 Å². The van der Waals surface area contributed by atoms with Gasteiger partial charge in [0.25, 0.3) is 5.91 Å². The molecule has 0 saturated carbocycles. The van der Waals surface area contributed by atoms with E-state index < -0.39 is 23.9 Å². The van der Waals surface area contributed by atoms with Crippen molar-refractivity contribution in [3.8, 4) is 0 Å². The number of benzene rings is 2. The standard InChI is InChI=1S/C24H28N2O4/c1-14-9-10-20(16(3)11-14)25-23(28)18(5)30-24(29)19-12-22(27)26(13-19)21-8-6-7-15(2)17(21)4/h6-11,18-19H,12-13H2,1-5H3,(H,25,28)/t18-,19+/m0/s1.